The summed E-state index contributed by atoms with van der Waals surface area (Å²) in [5.74, 6) is -0.0188. The van der Waals surface area contributed by atoms with E-state index in [1.807, 2.05) is 25.3 Å². The van der Waals surface area contributed by atoms with Gasteiger partial charge in [0.15, 0.2) is 0 Å². The van der Waals surface area contributed by atoms with Crippen molar-refractivity contribution in [3.8, 4) is 33.5 Å². The lowest BCUT2D eigenvalue weighted by Gasteiger charge is -2.16. The minimum Gasteiger partial charge on any atom is -0.389 e. The molecule has 8 heteroatoms. The molecule has 6 nitrogen and oxygen atoms in total. The maximum Gasteiger partial charge on any atom is 0.132 e. The van der Waals surface area contributed by atoms with Crippen molar-refractivity contribution in [2.45, 2.75) is 32.9 Å². The first-order valence-corrected chi connectivity index (χ1v) is 10.4. The average molecular weight is 452 g/mol. The van der Waals surface area contributed by atoms with E-state index in [1.165, 1.54) is 12.1 Å². The van der Waals surface area contributed by atoms with Gasteiger partial charge >= 0.3 is 0 Å². The molecule has 0 aliphatic rings. The molecule has 0 spiro atoms. The molecule has 1 aromatic carbocycles. The van der Waals surface area contributed by atoms with E-state index in [9.17, 15) is 9.50 Å². The third-order valence-electron chi connectivity index (χ3n) is 4.90. The van der Waals surface area contributed by atoms with Crippen LogP contribution in [-0.4, -0.2) is 30.5 Å². The normalized spacial score (nSPS) is 11.7. The zero-order valence-corrected chi connectivity index (χ0v) is 18.7. The van der Waals surface area contributed by atoms with Gasteiger partial charge < -0.3 is 10.8 Å². The third kappa shape index (κ3) is 4.79. The molecule has 3 N–H and O–H groups in total. The number of pyridine rings is 2. The Morgan fingerprint density at radius 2 is 1.75 bits per heavy atom. The van der Waals surface area contributed by atoms with Gasteiger partial charge in [-0.1, -0.05) is 11.6 Å². The van der Waals surface area contributed by atoms with Crippen LogP contribution < -0.4 is 5.73 Å². The predicted octanol–water partition coefficient (Wildman–Crippen LogP) is 5.13. The molecule has 0 atom stereocenters. The first kappa shape index (κ1) is 21.9. The molecule has 0 amide bonds. The summed E-state index contributed by atoms with van der Waals surface area (Å²) in [5, 5.41) is 14.8. The lowest BCUT2D eigenvalue weighted by atomic mass is 9.96. The van der Waals surface area contributed by atoms with Crippen molar-refractivity contribution in [2.75, 3.05) is 5.73 Å². The van der Waals surface area contributed by atoms with E-state index in [2.05, 4.69) is 15.1 Å². The molecule has 4 aromatic rings. The number of nitrogens with zero attached hydrogens (tertiary/aromatic N) is 4. The highest BCUT2D eigenvalue weighted by atomic mass is 35.5. The Bertz CT molecular complexity index is 1260. The molecule has 0 unspecified atom stereocenters. The van der Waals surface area contributed by atoms with Crippen LogP contribution in [0.15, 0.2) is 54.9 Å². The summed E-state index contributed by atoms with van der Waals surface area (Å²) in [4.78, 5) is 8.92. The SMILES string of the molecule is Cc1cc(-c2cc(-c3cnn(CC(C)(C)O)c3)c(N)nc2-c2ccc(F)cc2)cc(Cl)n1. The number of benzene rings is 1. The number of rotatable bonds is 5. The lowest BCUT2D eigenvalue weighted by Crippen LogP contribution is -2.26. The number of aryl methyl sites for hydroxylation is 1. The average Bonchev–Trinajstić information content (AvgIpc) is 3.14. The van der Waals surface area contributed by atoms with E-state index in [4.69, 9.17) is 17.3 Å². The predicted molar refractivity (Wildman–Crippen MR) is 125 cm³/mol. The number of nitrogen functional groups attached to an aromatic ring is 1. The number of anilines is 1. The van der Waals surface area contributed by atoms with Crippen LogP contribution >= 0.6 is 11.6 Å². The third-order valence-corrected chi connectivity index (χ3v) is 5.09. The molecular formula is C24H23ClFN5O. The number of aromatic nitrogens is 4. The summed E-state index contributed by atoms with van der Waals surface area (Å²) in [5.41, 5.74) is 10.6. The van der Waals surface area contributed by atoms with E-state index in [0.29, 0.717) is 28.8 Å². The Morgan fingerprint density at radius 3 is 2.41 bits per heavy atom. The summed E-state index contributed by atoms with van der Waals surface area (Å²) in [6.07, 6.45) is 3.50. The zero-order valence-electron chi connectivity index (χ0n) is 18.0. The summed E-state index contributed by atoms with van der Waals surface area (Å²) in [6, 6.07) is 11.7. The Morgan fingerprint density at radius 1 is 1.03 bits per heavy atom. The van der Waals surface area contributed by atoms with Gasteiger partial charge in [0.25, 0.3) is 0 Å². The minimum atomic E-state index is -0.907. The van der Waals surface area contributed by atoms with Gasteiger partial charge in [-0.15, -0.1) is 0 Å². The van der Waals surface area contributed by atoms with Crippen LogP contribution in [0.5, 0.6) is 0 Å². The van der Waals surface area contributed by atoms with Gasteiger partial charge in [0.1, 0.15) is 16.8 Å². The molecule has 164 valence electrons. The maximum atomic E-state index is 13.5. The van der Waals surface area contributed by atoms with Gasteiger partial charge in [-0.3, -0.25) is 4.68 Å². The second-order valence-electron chi connectivity index (χ2n) is 8.38. The Hall–Kier alpha value is -3.29. The van der Waals surface area contributed by atoms with Crippen molar-refractivity contribution in [3.63, 3.8) is 0 Å². The molecule has 32 heavy (non-hydrogen) atoms. The fourth-order valence-electron chi connectivity index (χ4n) is 3.58. The molecule has 0 saturated carbocycles. The Kier molecular flexibility index (Phi) is 5.71. The molecule has 0 bridgehead atoms. The van der Waals surface area contributed by atoms with Crippen molar-refractivity contribution in [2.24, 2.45) is 0 Å². The highest BCUT2D eigenvalue weighted by molar-refractivity contribution is 6.29. The molecule has 4 rings (SSSR count). The highest BCUT2D eigenvalue weighted by Gasteiger charge is 2.18. The van der Waals surface area contributed by atoms with Crippen LogP contribution in [0, 0.1) is 12.7 Å². The zero-order chi connectivity index (χ0) is 23.0. The van der Waals surface area contributed by atoms with Crippen LogP contribution in [-0.2, 0) is 6.54 Å². The Balaban J connectivity index is 1.89. The summed E-state index contributed by atoms with van der Waals surface area (Å²) in [6.45, 7) is 5.63. The van der Waals surface area contributed by atoms with Crippen molar-refractivity contribution < 1.29 is 9.50 Å². The lowest BCUT2D eigenvalue weighted by molar-refractivity contribution is 0.0577. The first-order valence-electron chi connectivity index (χ1n) is 10.1. The van der Waals surface area contributed by atoms with Crippen LogP contribution in [0.1, 0.15) is 19.5 Å². The smallest absolute Gasteiger partial charge is 0.132 e. The standard InChI is InChI=1S/C24H23ClFN5O/c1-14-8-16(9-21(25)29-14)19-10-20(17-11-28-31(12-17)13-24(2,3)32)23(27)30-22(19)15-4-6-18(26)7-5-15/h4-12,32H,13H2,1-3H3,(H2,27,30). The van der Waals surface area contributed by atoms with Crippen molar-refractivity contribution in [3.05, 3.63) is 71.5 Å². The van der Waals surface area contributed by atoms with E-state index in [-0.39, 0.29) is 5.82 Å². The largest absolute Gasteiger partial charge is 0.389 e. The second-order valence-corrected chi connectivity index (χ2v) is 8.77. The monoisotopic (exact) mass is 451 g/mol. The summed E-state index contributed by atoms with van der Waals surface area (Å²) < 4.78 is 15.2. The van der Waals surface area contributed by atoms with E-state index >= 15 is 0 Å². The van der Waals surface area contributed by atoms with Crippen LogP contribution in [0.3, 0.4) is 0 Å². The van der Waals surface area contributed by atoms with Crippen molar-refractivity contribution in [1.82, 2.24) is 19.7 Å². The molecule has 3 aromatic heterocycles. The van der Waals surface area contributed by atoms with Crippen molar-refractivity contribution >= 4 is 17.4 Å². The molecular weight excluding hydrogens is 429 g/mol. The van der Waals surface area contributed by atoms with Crippen LogP contribution in [0.4, 0.5) is 10.2 Å². The molecule has 0 saturated heterocycles. The molecule has 3 heterocycles. The summed E-state index contributed by atoms with van der Waals surface area (Å²) in [7, 11) is 0. The quantitative estimate of drug-likeness (QED) is 0.410. The van der Waals surface area contributed by atoms with E-state index in [1.54, 1.807) is 42.9 Å². The number of hydrogen-bond donors (Lipinski definition) is 2. The van der Waals surface area contributed by atoms with Gasteiger partial charge in [0, 0.05) is 34.1 Å². The molecule has 0 fully saturated rings. The fraction of sp³-hybridized carbons (Fsp3) is 0.208. The molecule has 0 radical (unpaired) electrons. The molecule has 0 aliphatic carbocycles. The number of hydrogen-bond acceptors (Lipinski definition) is 5. The first-order chi connectivity index (χ1) is 15.1. The number of nitrogens with two attached hydrogens (primary N) is 1. The molecule has 0 aliphatic heterocycles. The number of aliphatic hydroxyl groups is 1. The number of halogens is 2. The second kappa shape index (κ2) is 8.33. The summed E-state index contributed by atoms with van der Waals surface area (Å²) >= 11 is 6.23. The van der Waals surface area contributed by atoms with Gasteiger partial charge in [0.05, 0.1) is 24.0 Å². The van der Waals surface area contributed by atoms with E-state index < -0.39 is 5.60 Å². The topological polar surface area (TPSA) is 89.8 Å². The van der Waals surface area contributed by atoms with Gasteiger partial charge in [-0.05, 0) is 68.8 Å². The fourth-order valence-corrected chi connectivity index (χ4v) is 3.83. The minimum absolute atomic E-state index is 0.313. The maximum absolute atomic E-state index is 13.5. The van der Waals surface area contributed by atoms with Gasteiger partial charge in [-0.2, -0.15) is 5.10 Å². The highest BCUT2D eigenvalue weighted by Crippen LogP contribution is 2.37. The van der Waals surface area contributed by atoms with Crippen LogP contribution in [0.25, 0.3) is 33.5 Å². The van der Waals surface area contributed by atoms with E-state index in [0.717, 1.165) is 27.9 Å². The van der Waals surface area contributed by atoms with Crippen LogP contribution in [0.2, 0.25) is 5.15 Å². The van der Waals surface area contributed by atoms with Gasteiger partial charge in [0.2, 0.25) is 0 Å². The Labute approximate surface area is 190 Å². The van der Waals surface area contributed by atoms with Gasteiger partial charge in [-0.25, -0.2) is 14.4 Å². The van der Waals surface area contributed by atoms with Crippen molar-refractivity contribution in [1.29, 1.82) is 0 Å².